The summed E-state index contributed by atoms with van der Waals surface area (Å²) < 4.78 is 39.4. The second-order valence-electron chi connectivity index (χ2n) is 4.37. The Balaban J connectivity index is 2.50. The first-order chi connectivity index (χ1) is 9.43. The molecule has 0 radical (unpaired) electrons. The summed E-state index contributed by atoms with van der Waals surface area (Å²) in [5.74, 6) is 0. The predicted molar refractivity (Wildman–Crippen MR) is 73.8 cm³/mol. The molecule has 2 aromatic rings. The van der Waals surface area contributed by atoms with Gasteiger partial charge in [-0.25, -0.2) is 4.98 Å². The third kappa shape index (κ3) is 3.19. The van der Waals surface area contributed by atoms with Crippen molar-refractivity contribution < 1.29 is 13.2 Å². The van der Waals surface area contributed by atoms with Crippen LogP contribution < -0.4 is 5.32 Å². The van der Waals surface area contributed by atoms with Crippen molar-refractivity contribution in [1.82, 2.24) is 10.3 Å². The molecule has 0 aliphatic rings. The van der Waals surface area contributed by atoms with E-state index in [1.54, 1.807) is 11.4 Å². The SMILES string of the molecule is CCNC(c1csc(C)n1)c1ccccc1C(F)(F)F. The van der Waals surface area contributed by atoms with E-state index >= 15 is 0 Å². The zero-order chi connectivity index (χ0) is 14.8. The second-order valence-corrected chi connectivity index (χ2v) is 5.43. The van der Waals surface area contributed by atoms with E-state index in [0.717, 1.165) is 11.1 Å². The zero-order valence-electron chi connectivity index (χ0n) is 11.2. The minimum absolute atomic E-state index is 0.215. The maximum Gasteiger partial charge on any atom is 0.416 e. The van der Waals surface area contributed by atoms with Gasteiger partial charge in [0.25, 0.3) is 0 Å². The Hall–Kier alpha value is -1.40. The molecule has 0 aliphatic heterocycles. The van der Waals surface area contributed by atoms with Gasteiger partial charge in [-0.3, -0.25) is 0 Å². The molecule has 1 N–H and O–H groups in total. The van der Waals surface area contributed by atoms with Gasteiger partial charge < -0.3 is 5.32 Å². The van der Waals surface area contributed by atoms with Gasteiger partial charge in [0.15, 0.2) is 0 Å². The molecule has 0 saturated carbocycles. The molecule has 1 atom stereocenters. The van der Waals surface area contributed by atoms with Crippen molar-refractivity contribution in [1.29, 1.82) is 0 Å². The van der Waals surface area contributed by atoms with Crippen LogP contribution in [0.4, 0.5) is 13.2 Å². The molecule has 1 aromatic heterocycles. The first-order valence-electron chi connectivity index (χ1n) is 6.25. The molecule has 1 heterocycles. The van der Waals surface area contributed by atoms with Gasteiger partial charge in [0.05, 0.1) is 22.3 Å². The fraction of sp³-hybridized carbons (Fsp3) is 0.357. The zero-order valence-corrected chi connectivity index (χ0v) is 12.0. The lowest BCUT2D eigenvalue weighted by atomic mass is 9.98. The molecular formula is C14H15F3N2S. The number of nitrogens with one attached hydrogen (secondary N) is 1. The number of nitrogens with zero attached hydrogens (tertiary/aromatic N) is 1. The summed E-state index contributed by atoms with van der Waals surface area (Å²) in [6.07, 6.45) is -4.37. The highest BCUT2D eigenvalue weighted by Crippen LogP contribution is 2.36. The quantitative estimate of drug-likeness (QED) is 0.916. The summed E-state index contributed by atoms with van der Waals surface area (Å²) in [7, 11) is 0. The number of aromatic nitrogens is 1. The molecule has 108 valence electrons. The van der Waals surface area contributed by atoms with Crippen molar-refractivity contribution >= 4 is 11.3 Å². The minimum atomic E-state index is -4.37. The summed E-state index contributed by atoms with van der Waals surface area (Å²) in [4.78, 5) is 4.32. The van der Waals surface area contributed by atoms with Crippen LogP contribution in [0.3, 0.4) is 0 Å². The average Bonchev–Trinajstić information content (AvgIpc) is 2.81. The normalized spacial score (nSPS) is 13.4. The van der Waals surface area contributed by atoms with Crippen LogP contribution in [0.2, 0.25) is 0 Å². The number of rotatable bonds is 4. The van der Waals surface area contributed by atoms with Crippen molar-refractivity contribution in [3.8, 4) is 0 Å². The molecule has 20 heavy (non-hydrogen) atoms. The van der Waals surface area contributed by atoms with Crippen LogP contribution in [0, 0.1) is 6.92 Å². The molecule has 1 unspecified atom stereocenters. The van der Waals surface area contributed by atoms with Gasteiger partial charge >= 0.3 is 6.18 Å². The summed E-state index contributed by atoms with van der Waals surface area (Å²) in [5.41, 5.74) is 0.231. The fourth-order valence-corrected chi connectivity index (χ4v) is 2.74. The third-order valence-corrected chi connectivity index (χ3v) is 3.71. The van der Waals surface area contributed by atoms with Gasteiger partial charge in [-0.15, -0.1) is 11.3 Å². The number of halogens is 3. The highest BCUT2D eigenvalue weighted by atomic mass is 32.1. The molecular weight excluding hydrogens is 285 g/mol. The van der Waals surface area contributed by atoms with Crippen LogP contribution in [-0.2, 0) is 6.18 Å². The van der Waals surface area contributed by atoms with E-state index in [4.69, 9.17) is 0 Å². The fourth-order valence-electron chi connectivity index (χ4n) is 2.10. The van der Waals surface area contributed by atoms with E-state index in [-0.39, 0.29) is 5.56 Å². The molecule has 0 amide bonds. The summed E-state index contributed by atoms with van der Waals surface area (Å²) in [6.45, 7) is 4.27. The van der Waals surface area contributed by atoms with Crippen molar-refractivity contribution in [2.24, 2.45) is 0 Å². The Morgan fingerprint density at radius 2 is 2.00 bits per heavy atom. The maximum absolute atomic E-state index is 13.1. The third-order valence-electron chi connectivity index (χ3n) is 2.92. The van der Waals surface area contributed by atoms with Crippen molar-refractivity contribution in [2.45, 2.75) is 26.1 Å². The van der Waals surface area contributed by atoms with E-state index < -0.39 is 17.8 Å². The Labute approximate surface area is 119 Å². The summed E-state index contributed by atoms with van der Waals surface area (Å²) in [6, 6.07) is 5.10. The van der Waals surface area contributed by atoms with Crippen molar-refractivity contribution in [3.05, 3.63) is 51.5 Å². The first-order valence-corrected chi connectivity index (χ1v) is 7.13. The number of thiazole rings is 1. The van der Waals surface area contributed by atoms with Crippen LogP contribution in [0.25, 0.3) is 0 Å². The monoisotopic (exact) mass is 300 g/mol. The summed E-state index contributed by atoms with van der Waals surface area (Å²) >= 11 is 1.43. The molecule has 2 nitrogen and oxygen atoms in total. The smallest absolute Gasteiger partial charge is 0.305 e. The Morgan fingerprint density at radius 1 is 1.30 bits per heavy atom. The van der Waals surface area contributed by atoms with E-state index in [9.17, 15) is 13.2 Å². The Bertz CT molecular complexity index is 578. The van der Waals surface area contributed by atoms with Crippen LogP contribution in [-0.4, -0.2) is 11.5 Å². The van der Waals surface area contributed by atoms with Crippen LogP contribution in [0.1, 0.15) is 34.8 Å². The largest absolute Gasteiger partial charge is 0.416 e. The lowest BCUT2D eigenvalue weighted by Gasteiger charge is -2.21. The Morgan fingerprint density at radius 3 is 2.55 bits per heavy atom. The number of alkyl halides is 3. The second kappa shape index (κ2) is 5.93. The number of hydrogen-bond donors (Lipinski definition) is 1. The molecule has 0 saturated heterocycles. The lowest BCUT2D eigenvalue weighted by Crippen LogP contribution is -2.25. The summed E-state index contributed by atoms with van der Waals surface area (Å²) in [5, 5.41) is 5.73. The van der Waals surface area contributed by atoms with Gasteiger partial charge in [0.1, 0.15) is 0 Å². The molecule has 1 aromatic carbocycles. The average molecular weight is 300 g/mol. The van der Waals surface area contributed by atoms with Crippen molar-refractivity contribution in [2.75, 3.05) is 6.54 Å². The number of benzene rings is 1. The topological polar surface area (TPSA) is 24.9 Å². The van der Waals surface area contributed by atoms with Gasteiger partial charge in [0, 0.05) is 5.38 Å². The van der Waals surface area contributed by atoms with Gasteiger partial charge in [-0.2, -0.15) is 13.2 Å². The molecule has 6 heteroatoms. The molecule has 0 fully saturated rings. The van der Waals surface area contributed by atoms with E-state index in [1.807, 2.05) is 13.8 Å². The molecule has 0 aliphatic carbocycles. The Kier molecular flexibility index (Phi) is 4.45. The van der Waals surface area contributed by atoms with E-state index in [1.165, 1.54) is 23.5 Å². The highest BCUT2D eigenvalue weighted by molar-refractivity contribution is 7.09. The van der Waals surface area contributed by atoms with E-state index in [2.05, 4.69) is 10.3 Å². The van der Waals surface area contributed by atoms with Crippen LogP contribution in [0.5, 0.6) is 0 Å². The lowest BCUT2D eigenvalue weighted by molar-refractivity contribution is -0.138. The predicted octanol–water partition coefficient (Wildman–Crippen LogP) is 4.17. The minimum Gasteiger partial charge on any atom is -0.305 e. The van der Waals surface area contributed by atoms with Crippen LogP contribution >= 0.6 is 11.3 Å². The van der Waals surface area contributed by atoms with Crippen molar-refractivity contribution in [3.63, 3.8) is 0 Å². The molecule has 0 bridgehead atoms. The molecule has 2 rings (SSSR count). The standard InChI is InChI=1S/C14H15F3N2S/c1-3-18-13(12-8-20-9(2)19-12)10-6-4-5-7-11(10)14(15,16)17/h4-8,13,18H,3H2,1-2H3. The van der Waals surface area contributed by atoms with Gasteiger partial charge in [-0.1, -0.05) is 25.1 Å². The van der Waals surface area contributed by atoms with Crippen LogP contribution in [0.15, 0.2) is 29.6 Å². The van der Waals surface area contributed by atoms with Gasteiger partial charge in [-0.05, 0) is 25.1 Å². The number of hydrogen-bond acceptors (Lipinski definition) is 3. The maximum atomic E-state index is 13.1. The number of aryl methyl sites for hydroxylation is 1. The molecule has 0 spiro atoms. The van der Waals surface area contributed by atoms with E-state index in [0.29, 0.717) is 12.2 Å². The first kappa shape index (κ1) is 15.0. The highest BCUT2D eigenvalue weighted by Gasteiger charge is 2.35. The van der Waals surface area contributed by atoms with Gasteiger partial charge in [0.2, 0.25) is 0 Å².